The number of fused-ring (bicyclic) bond motifs is 1. The molecule has 2 aromatic heterocycles. The van der Waals surface area contributed by atoms with Gasteiger partial charge in [0.25, 0.3) is 5.91 Å². The number of halogens is 2. The van der Waals surface area contributed by atoms with Crippen LogP contribution < -0.4 is 0 Å². The summed E-state index contributed by atoms with van der Waals surface area (Å²) in [6.07, 6.45) is 3.11. The fraction of sp³-hybridized carbons (Fsp3) is 0.211. The molecule has 0 spiro atoms. The maximum Gasteiger partial charge on any atom is 0.254 e. The molecule has 1 saturated heterocycles. The zero-order valence-electron chi connectivity index (χ0n) is 14.2. The first-order chi connectivity index (χ1) is 13.0. The molecule has 0 unspecified atom stereocenters. The quantitative estimate of drug-likeness (QED) is 0.598. The molecule has 1 amide bonds. The Labute approximate surface area is 162 Å². The maximum absolute atomic E-state index is 14.6. The molecule has 0 atom stereocenters. The minimum absolute atomic E-state index is 0.102. The van der Waals surface area contributed by atoms with Crippen molar-refractivity contribution < 1.29 is 18.7 Å². The van der Waals surface area contributed by atoms with E-state index in [-0.39, 0.29) is 22.7 Å². The van der Waals surface area contributed by atoms with E-state index in [9.17, 15) is 14.0 Å². The Morgan fingerprint density at radius 3 is 2.67 bits per heavy atom. The monoisotopic (exact) mass is 431 g/mol. The largest absolute Gasteiger partial charge is 0.378 e. The number of nitrogens with zero attached hydrogens (tertiary/aromatic N) is 3. The summed E-state index contributed by atoms with van der Waals surface area (Å²) in [5.41, 5.74) is 0.945. The first kappa shape index (κ1) is 17.8. The molecule has 0 aliphatic carbocycles. The van der Waals surface area contributed by atoms with Gasteiger partial charge in [0.2, 0.25) is 5.78 Å². The lowest BCUT2D eigenvalue weighted by Gasteiger charge is -2.26. The van der Waals surface area contributed by atoms with Gasteiger partial charge < -0.3 is 9.64 Å². The molecule has 1 aliphatic rings. The predicted molar refractivity (Wildman–Crippen MR) is 99.4 cm³/mol. The summed E-state index contributed by atoms with van der Waals surface area (Å²) >= 11 is 3.35. The number of hydrogen-bond acceptors (Lipinski definition) is 4. The topological polar surface area (TPSA) is 63.9 Å². The average Bonchev–Trinajstić information content (AvgIpc) is 3.10. The van der Waals surface area contributed by atoms with Crippen LogP contribution in [0.1, 0.15) is 26.4 Å². The molecular formula is C19H15BrFN3O3. The van der Waals surface area contributed by atoms with Crippen LogP contribution in [-0.2, 0) is 4.74 Å². The van der Waals surface area contributed by atoms with Crippen molar-refractivity contribution in [1.82, 2.24) is 14.3 Å². The third kappa shape index (κ3) is 3.38. The van der Waals surface area contributed by atoms with Gasteiger partial charge in [0.05, 0.1) is 25.0 Å². The third-order valence-corrected chi connectivity index (χ3v) is 4.93. The minimum atomic E-state index is -0.732. The summed E-state index contributed by atoms with van der Waals surface area (Å²) in [5.74, 6) is -1.50. The zero-order chi connectivity index (χ0) is 19.0. The first-order valence-corrected chi connectivity index (χ1v) is 9.18. The summed E-state index contributed by atoms with van der Waals surface area (Å²) in [6.45, 7) is 1.87. The second-order valence-corrected chi connectivity index (χ2v) is 7.06. The average molecular weight is 432 g/mol. The number of carbonyl (C=O) groups excluding carboxylic acids is 2. The number of morpholine rings is 1. The van der Waals surface area contributed by atoms with Crippen LogP contribution >= 0.6 is 15.9 Å². The number of hydrogen-bond donors (Lipinski definition) is 0. The summed E-state index contributed by atoms with van der Waals surface area (Å²) < 4.78 is 22.2. The SMILES string of the molecule is O=C(c1ccc(C(=O)N2CCOCC2)cc1F)c1cnc2ccc(Br)cn12. The first-order valence-electron chi connectivity index (χ1n) is 8.38. The van der Waals surface area contributed by atoms with Crippen molar-refractivity contribution in [3.05, 3.63) is 69.8 Å². The lowest BCUT2D eigenvalue weighted by molar-refractivity contribution is 0.0302. The molecule has 1 aliphatic heterocycles. The number of ketones is 1. The van der Waals surface area contributed by atoms with Gasteiger partial charge in [-0.1, -0.05) is 0 Å². The normalized spacial score (nSPS) is 14.5. The number of pyridine rings is 1. The third-order valence-electron chi connectivity index (χ3n) is 4.46. The van der Waals surface area contributed by atoms with Gasteiger partial charge in [-0.25, -0.2) is 9.37 Å². The number of amides is 1. The van der Waals surface area contributed by atoms with E-state index in [1.165, 1.54) is 18.3 Å². The van der Waals surface area contributed by atoms with Crippen LogP contribution in [0.3, 0.4) is 0 Å². The van der Waals surface area contributed by atoms with Gasteiger partial charge in [0.1, 0.15) is 17.2 Å². The van der Waals surface area contributed by atoms with Crippen LogP contribution in [0.2, 0.25) is 0 Å². The predicted octanol–water partition coefficient (Wildman–Crippen LogP) is 2.94. The van der Waals surface area contributed by atoms with Gasteiger partial charge in [-0.15, -0.1) is 0 Å². The lowest BCUT2D eigenvalue weighted by atomic mass is 10.0. The molecule has 0 radical (unpaired) electrons. The number of benzene rings is 1. The van der Waals surface area contributed by atoms with E-state index in [1.54, 1.807) is 21.6 Å². The van der Waals surface area contributed by atoms with Gasteiger partial charge in [0.15, 0.2) is 0 Å². The van der Waals surface area contributed by atoms with Crippen molar-refractivity contribution in [3.63, 3.8) is 0 Å². The highest BCUT2D eigenvalue weighted by Gasteiger charge is 2.22. The van der Waals surface area contributed by atoms with E-state index in [4.69, 9.17) is 4.74 Å². The van der Waals surface area contributed by atoms with Crippen molar-refractivity contribution in [2.45, 2.75) is 0 Å². The molecular weight excluding hydrogens is 417 g/mol. The van der Waals surface area contributed by atoms with Crippen LogP contribution in [0.15, 0.2) is 47.2 Å². The Bertz CT molecular complexity index is 1040. The second kappa shape index (κ2) is 7.21. The lowest BCUT2D eigenvalue weighted by Crippen LogP contribution is -2.40. The minimum Gasteiger partial charge on any atom is -0.378 e. The molecule has 6 nitrogen and oxygen atoms in total. The van der Waals surface area contributed by atoms with Gasteiger partial charge >= 0.3 is 0 Å². The molecule has 8 heteroatoms. The summed E-state index contributed by atoms with van der Waals surface area (Å²) in [4.78, 5) is 31.1. The van der Waals surface area contributed by atoms with Crippen molar-refractivity contribution in [3.8, 4) is 0 Å². The van der Waals surface area contributed by atoms with Crippen molar-refractivity contribution in [2.24, 2.45) is 0 Å². The van der Waals surface area contributed by atoms with Crippen molar-refractivity contribution in [2.75, 3.05) is 26.3 Å². The molecule has 27 heavy (non-hydrogen) atoms. The molecule has 1 aromatic carbocycles. The molecule has 0 bridgehead atoms. The Kier molecular flexibility index (Phi) is 4.75. The number of carbonyl (C=O) groups is 2. The van der Waals surface area contributed by atoms with E-state index in [0.29, 0.717) is 32.0 Å². The highest BCUT2D eigenvalue weighted by atomic mass is 79.9. The molecule has 1 fully saturated rings. The number of rotatable bonds is 3. The number of aromatic nitrogens is 2. The molecule has 4 rings (SSSR count). The Balaban J connectivity index is 1.64. The van der Waals surface area contributed by atoms with Gasteiger partial charge in [-0.05, 0) is 46.3 Å². The Hall–Kier alpha value is -2.58. The Morgan fingerprint density at radius 2 is 1.93 bits per heavy atom. The second-order valence-electron chi connectivity index (χ2n) is 6.15. The van der Waals surface area contributed by atoms with E-state index < -0.39 is 11.6 Å². The molecule has 3 heterocycles. The fourth-order valence-corrected chi connectivity index (χ4v) is 3.38. The maximum atomic E-state index is 14.6. The summed E-state index contributed by atoms with van der Waals surface area (Å²) in [5, 5.41) is 0. The molecule has 3 aromatic rings. The van der Waals surface area contributed by atoms with E-state index in [2.05, 4.69) is 20.9 Å². The molecule has 0 saturated carbocycles. The van der Waals surface area contributed by atoms with Gasteiger partial charge in [-0.3, -0.25) is 14.0 Å². The molecule has 0 N–H and O–H groups in total. The van der Waals surface area contributed by atoms with E-state index >= 15 is 0 Å². The number of imidazole rings is 1. The fourth-order valence-electron chi connectivity index (χ4n) is 3.04. The smallest absolute Gasteiger partial charge is 0.254 e. The van der Waals surface area contributed by atoms with Crippen molar-refractivity contribution in [1.29, 1.82) is 0 Å². The number of ether oxygens (including phenoxy) is 1. The summed E-state index contributed by atoms with van der Waals surface area (Å²) in [6, 6.07) is 7.50. The van der Waals surface area contributed by atoms with Crippen LogP contribution in [0.5, 0.6) is 0 Å². The van der Waals surface area contributed by atoms with E-state index in [0.717, 1.165) is 10.5 Å². The van der Waals surface area contributed by atoms with Crippen LogP contribution in [-0.4, -0.2) is 52.3 Å². The van der Waals surface area contributed by atoms with E-state index in [1.807, 2.05) is 6.07 Å². The van der Waals surface area contributed by atoms with Gasteiger partial charge in [0, 0.05) is 29.3 Å². The summed E-state index contributed by atoms with van der Waals surface area (Å²) in [7, 11) is 0. The highest BCUT2D eigenvalue weighted by molar-refractivity contribution is 9.10. The van der Waals surface area contributed by atoms with Crippen molar-refractivity contribution >= 4 is 33.3 Å². The van der Waals surface area contributed by atoms with Crippen LogP contribution in [0.4, 0.5) is 4.39 Å². The highest BCUT2D eigenvalue weighted by Crippen LogP contribution is 2.19. The van der Waals surface area contributed by atoms with Gasteiger partial charge in [-0.2, -0.15) is 0 Å². The standard InChI is InChI=1S/C19H15BrFN3O3/c20-13-2-4-17-22-10-16(24(17)11-13)18(25)14-3-1-12(9-15(14)21)19(26)23-5-7-27-8-6-23/h1-4,9-11H,5-8H2. The zero-order valence-corrected chi connectivity index (χ0v) is 15.8. The molecule has 138 valence electrons. The van der Waals surface area contributed by atoms with Crippen LogP contribution in [0, 0.1) is 5.82 Å². The van der Waals surface area contributed by atoms with Crippen LogP contribution in [0.25, 0.3) is 5.65 Å². The Morgan fingerprint density at radius 1 is 1.15 bits per heavy atom.